The summed E-state index contributed by atoms with van der Waals surface area (Å²) in [5.41, 5.74) is 1.83. The van der Waals surface area contributed by atoms with E-state index in [1.165, 1.54) is 46.3 Å². The van der Waals surface area contributed by atoms with E-state index in [9.17, 15) is 19.2 Å². The molecule has 0 aliphatic heterocycles. The van der Waals surface area contributed by atoms with Gasteiger partial charge in [-0.2, -0.15) is 0 Å². The van der Waals surface area contributed by atoms with Crippen molar-refractivity contribution in [1.29, 1.82) is 0 Å². The van der Waals surface area contributed by atoms with Gasteiger partial charge in [0.1, 0.15) is 11.4 Å². The van der Waals surface area contributed by atoms with E-state index in [2.05, 4.69) is 16.0 Å². The van der Waals surface area contributed by atoms with E-state index in [4.69, 9.17) is 18.9 Å². The quantitative estimate of drug-likeness (QED) is 0.0884. The van der Waals surface area contributed by atoms with Gasteiger partial charge in [-0.3, -0.25) is 14.4 Å². The summed E-state index contributed by atoms with van der Waals surface area (Å²) >= 11 is 1.30. The van der Waals surface area contributed by atoms with Crippen LogP contribution in [0.3, 0.4) is 0 Å². The van der Waals surface area contributed by atoms with Gasteiger partial charge < -0.3 is 34.9 Å². The standard InChI is InChI=1S/C36H35N3O8S/c1-22(33(40)38-28-14-10-9-13-27(28)36(43)47-5)48-26-17-15-25(16-18-26)37-35(42)29(39-34(41)23-11-7-6-8-12-23)19-24-20-31(45-3)32(46-4)21-30(24)44-2/h6-22H,1-5H3,(H,37,42)(H,38,40)(H,39,41)/b29-19-. The molecule has 1 unspecified atom stereocenters. The van der Waals surface area contributed by atoms with E-state index in [0.717, 1.165) is 4.90 Å². The number of nitrogens with one attached hydrogen (secondary N) is 3. The van der Waals surface area contributed by atoms with Crippen LogP contribution in [-0.2, 0) is 14.3 Å². The summed E-state index contributed by atoms with van der Waals surface area (Å²) in [5, 5.41) is 7.79. The molecule has 0 heterocycles. The van der Waals surface area contributed by atoms with Crippen LogP contribution in [-0.4, -0.2) is 57.4 Å². The summed E-state index contributed by atoms with van der Waals surface area (Å²) in [6.45, 7) is 1.74. The number of ether oxygens (including phenoxy) is 4. The van der Waals surface area contributed by atoms with Crippen molar-refractivity contribution in [3.8, 4) is 17.2 Å². The lowest BCUT2D eigenvalue weighted by Gasteiger charge is -2.15. The van der Waals surface area contributed by atoms with Crippen LogP contribution in [0.25, 0.3) is 6.08 Å². The summed E-state index contributed by atoms with van der Waals surface area (Å²) in [7, 11) is 5.74. The zero-order chi connectivity index (χ0) is 34.6. The third-order valence-electron chi connectivity index (χ3n) is 6.95. The van der Waals surface area contributed by atoms with Crippen LogP contribution in [0.1, 0.15) is 33.2 Å². The first-order chi connectivity index (χ1) is 23.2. The van der Waals surface area contributed by atoms with E-state index in [1.807, 2.05) is 0 Å². The van der Waals surface area contributed by atoms with E-state index in [-0.39, 0.29) is 17.2 Å². The third kappa shape index (κ3) is 8.95. The molecule has 0 aliphatic carbocycles. The number of thioether (sulfide) groups is 1. The molecule has 4 aromatic carbocycles. The van der Waals surface area contributed by atoms with Gasteiger partial charge in [0.15, 0.2) is 11.5 Å². The molecular formula is C36H35N3O8S. The van der Waals surface area contributed by atoms with Gasteiger partial charge in [0, 0.05) is 27.8 Å². The Morgan fingerprint density at radius 3 is 2.00 bits per heavy atom. The highest BCUT2D eigenvalue weighted by atomic mass is 32.2. The summed E-state index contributed by atoms with van der Waals surface area (Å²) in [6.07, 6.45) is 1.49. The van der Waals surface area contributed by atoms with Crippen LogP contribution in [0.15, 0.2) is 102 Å². The largest absolute Gasteiger partial charge is 0.496 e. The molecule has 0 saturated carbocycles. The second kappa shape index (κ2) is 16.7. The summed E-state index contributed by atoms with van der Waals surface area (Å²) in [4.78, 5) is 52.5. The van der Waals surface area contributed by atoms with Crippen LogP contribution in [0.4, 0.5) is 11.4 Å². The highest BCUT2D eigenvalue weighted by molar-refractivity contribution is 8.00. The fraction of sp³-hybridized carbons (Fsp3) is 0.167. The average Bonchev–Trinajstić information content (AvgIpc) is 3.11. The third-order valence-corrected chi connectivity index (χ3v) is 8.06. The monoisotopic (exact) mass is 669 g/mol. The number of rotatable bonds is 13. The molecule has 3 amide bonds. The van der Waals surface area contributed by atoms with Crippen molar-refractivity contribution in [1.82, 2.24) is 5.32 Å². The molecule has 0 fully saturated rings. The van der Waals surface area contributed by atoms with Crippen molar-refractivity contribution >= 4 is 52.9 Å². The van der Waals surface area contributed by atoms with Gasteiger partial charge in [0.2, 0.25) is 5.91 Å². The lowest BCUT2D eigenvalue weighted by atomic mass is 10.1. The van der Waals surface area contributed by atoms with Gasteiger partial charge in [-0.25, -0.2) is 4.79 Å². The molecule has 12 heteroatoms. The summed E-state index contributed by atoms with van der Waals surface area (Å²) in [6, 6.07) is 25.3. The summed E-state index contributed by atoms with van der Waals surface area (Å²) < 4.78 is 21.1. The maximum absolute atomic E-state index is 13.6. The Morgan fingerprint density at radius 1 is 0.729 bits per heavy atom. The Balaban J connectivity index is 1.52. The smallest absolute Gasteiger partial charge is 0.339 e. The Labute approximate surface area is 282 Å². The molecule has 0 aliphatic rings. The minimum absolute atomic E-state index is 0.0506. The zero-order valence-corrected chi connectivity index (χ0v) is 27.8. The van der Waals surface area contributed by atoms with E-state index >= 15 is 0 Å². The molecule has 0 bridgehead atoms. The van der Waals surface area contributed by atoms with Crippen molar-refractivity contribution < 1.29 is 38.1 Å². The first-order valence-corrected chi connectivity index (χ1v) is 15.5. The molecule has 0 spiro atoms. The molecule has 1 atom stereocenters. The van der Waals surface area contributed by atoms with Crippen LogP contribution in [0.2, 0.25) is 0 Å². The number of methoxy groups -OCH3 is 4. The molecule has 4 aromatic rings. The SMILES string of the molecule is COC(=O)c1ccccc1NC(=O)C(C)Sc1ccc(NC(=O)/C(=C/c2cc(OC)c(OC)cc2OC)NC(=O)c2ccccc2)cc1. The lowest BCUT2D eigenvalue weighted by molar-refractivity contribution is -0.115. The highest BCUT2D eigenvalue weighted by Crippen LogP contribution is 2.36. The molecule has 3 N–H and O–H groups in total. The minimum atomic E-state index is -0.589. The van der Waals surface area contributed by atoms with E-state index in [1.54, 1.807) is 97.9 Å². The number of amides is 3. The van der Waals surface area contributed by atoms with E-state index < -0.39 is 23.0 Å². The van der Waals surface area contributed by atoms with Crippen LogP contribution < -0.4 is 30.2 Å². The molecule has 11 nitrogen and oxygen atoms in total. The molecule has 4 rings (SSSR count). The van der Waals surface area contributed by atoms with Crippen molar-refractivity contribution in [2.75, 3.05) is 39.1 Å². The normalized spacial score (nSPS) is 11.5. The fourth-order valence-electron chi connectivity index (χ4n) is 4.45. The van der Waals surface area contributed by atoms with Crippen LogP contribution in [0, 0.1) is 0 Å². The van der Waals surface area contributed by atoms with Crippen molar-refractivity contribution in [2.24, 2.45) is 0 Å². The fourth-order valence-corrected chi connectivity index (χ4v) is 5.32. The Kier molecular flexibility index (Phi) is 12.2. The number of para-hydroxylation sites is 1. The second-order valence-electron chi connectivity index (χ2n) is 10.1. The lowest BCUT2D eigenvalue weighted by Crippen LogP contribution is -2.30. The van der Waals surface area contributed by atoms with E-state index in [0.29, 0.717) is 39.8 Å². The Hall–Kier alpha value is -5.75. The maximum Gasteiger partial charge on any atom is 0.339 e. The molecule has 0 aromatic heterocycles. The molecule has 0 radical (unpaired) electrons. The minimum Gasteiger partial charge on any atom is -0.496 e. The molecule has 48 heavy (non-hydrogen) atoms. The molecule has 248 valence electrons. The summed E-state index contributed by atoms with van der Waals surface area (Å²) in [5.74, 6) is -0.699. The van der Waals surface area contributed by atoms with Gasteiger partial charge in [-0.1, -0.05) is 30.3 Å². The number of hydrogen-bond acceptors (Lipinski definition) is 9. The number of anilines is 2. The number of carbonyl (C=O) groups excluding carboxylic acids is 4. The van der Waals surface area contributed by atoms with Gasteiger partial charge in [-0.05, 0) is 67.6 Å². The van der Waals surface area contributed by atoms with Gasteiger partial charge in [0.25, 0.3) is 11.8 Å². The van der Waals surface area contributed by atoms with Crippen molar-refractivity contribution in [2.45, 2.75) is 17.1 Å². The number of carbonyl (C=O) groups is 4. The Morgan fingerprint density at radius 2 is 1.35 bits per heavy atom. The Bertz CT molecular complexity index is 1810. The van der Waals surface area contributed by atoms with Gasteiger partial charge in [0.05, 0.1) is 44.9 Å². The average molecular weight is 670 g/mol. The first-order valence-electron chi connectivity index (χ1n) is 14.6. The molecular weight excluding hydrogens is 634 g/mol. The second-order valence-corrected chi connectivity index (χ2v) is 11.5. The number of benzene rings is 4. The topological polar surface area (TPSA) is 141 Å². The number of esters is 1. The maximum atomic E-state index is 13.6. The zero-order valence-electron chi connectivity index (χ0n) is 27.0. The molecule has 0 saturated heterocycles. The van der Waals surface area contributed by atoms with Gasteiger partial charge >= 0.3 is 5.97 Å². The predicted octanol–water partition coefficient (Wildman–Crippen LogP) is 6.03. The number of hydrogen-bond donors (Lipinski definition) is 3. The van der Waals surface area contributed by atoms with Crippen molar-refractivity contribution in [3.63, 3.8) is 0 Å². The van der Waals surface area contributed by atoms with Gasteiger partial charge in [-0.15, -0.1) is 11.8 Å². The predicted molar refractivity (Wildman–Crippen MR) is 185 cm³/mol. The van der Waals surface area contributed by atoms with Crippen LogP contribution >= 0.6 is 11.8 Å². The highest BCUT2D eigenvalue weighted by Gasteiger charge is 2.20. The van der Waals surface area contributed by atoms with Crippen LogP contribution in [0.5, 0.6) is 17.2 Å². The first kappa shape index (κ1) is 35.1. The van der Waals surface area contributed by atoms with Crippen molar-refractivity contribution in [3.05, 3.63) is 113 Å².